The molecule has 0 radical (unpaired) electrons. The molecule has 15 heavy (non-hydrogen) atoms. The molecule has 1 aliphatic rings. The number of aromatic nitrogens is 1. The summed E-state index contributed by atoms with van der Waals surface area (Å²) in [7, 11) is 0. The Bertz CT molecular complexity index is 422. The predicted molar refractivity (Wildman–Crippen MR) is 55.4 cm³/mol. The molecule has 1 fully saturated rings. The van der Waals surface area contributed by atoms with Gasteiger partial charge in [-0.1, -0.05) is 0 Å². The fourth-order valence-electron chi connectivity index (χ4n) is 1.78. The third kappa shape index (κ3) is 1.96. The normalized spacial score (nSPS) is 16.2. The average Bonchev–Trinajstić information content (AvgIpc) is 2.29. The van der Waals surface area contributed by atoms with Gasteiger partial charge in [0.25, 0.3) is 0 Å². The molecule has 0 spiro atoms. The maximum atomic E-state index is 11.3. The number of piperidine rings is 1. The quantitative estimate of drug-likeness (QED) is 0.683. The lowest BCUT2D eigenvalue weighted by molar-refractivity contribution is -0.118. The van der Waals surface area contributed by atoms with Crippen LogP contribution in [0, 0.1) is 11.3 Å². The number of rotatable bonds is 1. The molecule has 1 aromatic heterocycles. The molecule has 2 rings (SSSR count). The van der Waals surface area contributed by atoms with Crippen molar-refractivity contribution in [2.75, 3.05) is 18.0 Å². The molecule has 0 aromatic carbocycles. The van der Waals surface area contributed by atoms with Crippen LogP contribution in [0.5, 0.6) is 0 Å². The van der Waals surface area contributed by atoms with E-state index in [1.807, 2.05) is 4.90 Å². The number of carbonyl (C=O) groups excluding carboxylic acids is 1. The Hall–Kier alpha value is -1.89. The maximum absolute atomic E-state index is 11.3. The first-order chi connectivity index (χ1) is 7.31. The predicted octanol–water partition coefficient (Wildman–Crippen LogP) is 1.12. The summed E-state index contributed by atoms with van der Waals surface area (Å²) in [5, 5.41) is 8.93. The van der Waals surface area contributed by atoms with Gasteiger partial charge in [0.2, 0.25) is 0 Å². The van der Waals surface area contributed by atoms with Gasteiger partial charge in [0.15, 0.2) is 5.78 Å². The summed E-state index contributed by atoms with van der Waals surface area (Å²) in [4.78, 5) is 17.2. The highest BCUT2D eigenvalue weighted by molar-refractivity contribution is 5.85. The summed E-state index contributed by atoms with van der Waals surface area (Å²) in [6.45, 7) is 1.23. The van der Waals surface area contributed by atoms with Crippen molar-refractivity contribution in [3.8, 4) is 6.07 Å². The van der Waals surface area contributed by atoms with E-state index in [1.54, 1.807) is 18.5 Å². The Labute approximate surface area is 88.1 Å². The van der Waals surface area contributed by atoms with Gasteiger partial charge in [0.1, 0.15) is 6.07 Å². The number of Topliss-reactive ketones (excluding diaryl/α,β-unsaturated/α-hetero) is 1. The van der Waals surface area contributed by atoms with Crippen molar-refractivity contribution in [2.24, 2.45) is 0 Å². The van der Waals surface area contributed by atoms with E-state index in [9.17, 15) is 4.79 Å². The summed E-state index contributed by atoms with van der Waals surface area (Å²) in [6, 6.07) is 3.79. The van der Waals surface area contributed by atoms with Crippen LogP contribution in [0.15, 0.2) is 18.5 Å². The Morgan fingerprint density at radius 2 is 2.40 bits per heavy atom. The minimum absolute atomic E-state index is 0.231. The smallest absolute Gasteiger partial charge is 0.152 e. The van der Waals surface area contributed by atoms with Crippen LogP contribution in [0.3, 0.4) is 0 Å². The second-order valence-electron chi connectivity index (χ2n) is 3.57. The van der Waals surface area contributed by atoms with Gasteiger partial charge in [0.05, 0.1) is 24.0 Å². The van der Waals surface area contributed by atoms with Crippen LogP contribution >= 0.6 is 0 Å². The van der Waals surface area contributed by atoms with Crippen molar-refractivity contribution in [3.05, 3.63) is 24.0 Å². The minimum atomic E-state index is 0.231. The van der Waals surface area contributed by atoms with E-state index >= 15 is 0 Å². The van der Waals surface area contributed by atoms with Crippen molar-refractivity contribution in [3.63, 3.8) is 0 Å². The lowest BCUT2D eigenvalue weighted by atomic mass is 10.1. The van der Waals surface area contributed by atoms with Crippen molar-refractivity contribution in [1.29, 1.82) is 5.26 Å². The van der Waals surface area contributed by atoms with Crippen LogP contribution in [0.25, 0.3) is 0 Å². The number of anilines is 1. The number of carbonyl (C=O) groups is 1. The van der Waals surface area contributed by atoms with Crippen molar-refractivity contribution < 1.29 is 4.79 Å². The van der Waals surface area contributed by atoms with Gasteiger partial charge >= 0.3 is 0 Å². The first kappa shape index (κ1) is 9.66. The summed E-state index contributed by atoms with van der Waals surface area (Å²) < 4.78 is 0. The topological polar surface area (TPSA) is 57.0 Å². The number of hydrogen-bond acceptors (Lipinski definition) is 4. The number of hydrogen-bond donors (Lipinski definition) is 0. The van der Waals surface area contributed by atoms with Gasteiger partial charge < -0.3 is 4.90 Å². The molecule has 0 aliphatic carbocycles. The molecule has 0 bridgehead atoms. The minimum Gasteiger partial charge on any atom is -0.362 e. The zero-order chi connectivity index (χ0) is 10.7. The van der Waals surface area contributed by atoms with E-state index < -0.39 is 0 Å². The van der Waals surface area contributed by atoms with E-state index in [-0.39, 0.29) is 5.78 Å². The van der Waals surface area contributed by atoms with Crippen LogP contribution in [0.1, 0.15) is 18.4 Å². The monoisotopic (exact) mass is 201 g/mol. The second kappa shape index (κ2) is 4.09. The molecular formula is C11H11N3O. The lowest BCUT2D eigenvalue weighted by Crippen LogP contribution is -2.36. The highest BCUT2D eigenvalue weighted by atomic mass is 16.1. The van der Waals surface area contributed by atoms with Crippen LogP contribution in [-0.2, 0) is 4.79 Å². The second-order valence-corrected chi connectivity index (χ2v) is 3.57. The molecule has 0 unspecified atom stereocenters. The molecular weight excluding hydrogens is 190 g/mol. The van der Waals surface area contributed by atoms with Crippen LogP contribution in [-0.4, -0.2) is 23.9 Å². The molecule has 76 valence electrons. The zero-order valence-corrected chi connectivity index (χ0v) is 8.31. The lowest BCUT2D eigenvalue weighted by Gasteiger charge is -2.28. The van der Waals surface area contributed by atoms with Crippen LogP contribution < -0.4 is 4.90 Å². The van der Waals surface area contributed by atoms with Gasteiger partial charge in [-0.25, -0.2) is 0 Å². The van der Waals surface area contributed by atoms with Gasteiger partial charge in [-0.2, -0.15) is 5.26 Å². The number of nitrogens with zero attached hydrogens (tertiary/aromatic N) is 3. The molecule has 1 aromatic rings. The molecule has 2 heterocycles. The summed E-state index contributed by atoms with van der Waals surface area (Å²) >= 11 is 0. The number of nitriles is 1. The maximum Gasteiger partial charge on any atom is 0.152 e. The van der Waals surface area contributed by atoms with E-state index in [0.717, 1.165) is 18.7 Å². The highest BCUT2D eigenvalue weighted by Crippen LogP contribution is 2.21. The standard InChI is InChI=1S/C11H11N3O/c12-6-9-3-4-13-7-11(9)14-5-1-2-10(15)8-14/h3-4,7H,1-2,5,8H2. The molecule has 1 saturated heterocycles. The first-order valence-corrected chi connectivity index (χ1v) is 4.92. The summed E-state index contributed by atoms with van der Waals surface area (Å²) in [5.74, 6) is 0.231. The summed E-state index contributed by atoms with van der Waals surface area (Å²) in [5.41, 5.74) is 1.35. The number of ketones is 1. The Balaban J connectivity index is 2.29. The van der Waals surface area contributed by atoms with Gasteiger partial charge in [0, 0.05) is 19.2 Å². The fraction of sp³-hybridized carbons (Fsp3) is 0.364. The van der Waals surface area contributed by atoms with E-state index in [1.165, 1.54) is 0 Å². The molecule has 0 N–H and O–H groups in total. The molecule has 0 amide bonds. The van der Waals surface area contributed by atoms with Crippen LogP contribution in [0.4, 0.5) is 5.69 Å². The van der Waals surface area contributed by atoms with E-state index in [2.05, 4.69) is 11.1 Å². The van der Waals surface area contributed by atoms with Gasteiger partial charge in [-0.3, -0.25) is 9.78 Å². The third-order valence-corrected chi connectivity index (χ3v) is 2.51. The highest BCUT2D eigenvalue weighted by Gasteiger charge is 2.19. The van der Waals surface area contributed by atoms with Crippen molar-refractivity contribution in [2.45, 2.75) is 12.8 Å². The summed E-state index contributed by atoms with van der Waals surface area (Å²) in [6.07, 6.45) is 4.75. The molecule has 1 aliphatic heterocycles. The van der Waals surface area contributed by atoms with E-state index in [4.69, 9.17) is 5.26 Å². The van der Waals surface area contributed by atoms with Crippen LogP contribution in [0.2, 0.25) is 0 Å². The molecule has 0 saturated carbocycles. The Kier molecular flexibility index (Phi) is 2.64. The fourth-order valence-corrected chi connectivity index (χ4v) is 1.78. The zero-order valence-electron chi connectivity index (χ0n) is 8.31. The van der Waals surface area contributed by atoms with Gasteiger partial charge in [-0.15, -0.1) is 0 Å². The molecule has 4 nitrogen and oxygen atoms in total. The van der Waals surface area contributed by atoms with Crippen molar-refractivity contribution in [1.82, 2.24) is 4.98 Å². The Morgan fingerprint density at radius 3 is 3.13 bits per heavy atom. The molecule has 4 heteroatoms. The molecule has 0 atom stereocenters. The number of pyridine rings is 1. The SMILES string of the molecule is N#Cc1ccncc1N1CCCC(=O)C1. The third-order valence-electron chi connectivity index (χ3n) is 2.51. The van der Waals surface area contributed by atoms with Gasteiger partial charge in [-0.05, 0) is 12.5 Å². The Morgan fingerprint density at radius 1 is 1.53 bits per heavy atom. The average molecular weight is 201 g/mol. The first-order valence-electron chi connectivity index (χ1n) is 4.92. The van der Waals surface area contributed by atoms with Crippen molar-refractivity contribution >= 4 is 11.5 Å². The van der Waals surface area contributed by atoms with E-state index in [0.29, 0.717) is 18.5 Å². The largest absolute Gasteiger partial charge is 0.362 e.